The van der Waals surface area contributed by atoms with Gasteiger partial charge in [0, 0.05) is 17.7 Å². The molecule has 24 heavy (non-hydrogen) atoms. The average molecular weight is 332 g/mol. The summed E-state index contributed by atoms with van der Waals surface area (Å²) in [6.07, 6.45) is 2.25. The molecule has 2 atom stereocenters. The first-order chi connectivity index (χ1) is 11.4. The normalized spacial score (nSPS) is 18.5. The monoisotopic (exact) mass is 332 g/mol. The predicted octanol–water partition coefficient (Wildman–Crippen LogP) is 1.64. The van der Waals surface area contributed by atoms with Crippen LogP contribution in [0.1, 0.15) is 42.6 Å². The molecule has 1 aromatic carbocycles. The number of hydrogen-bond donors (Lipinski definition) is 2. The number of aromatic hydroxyl groups is 1. The van der Waals surface area contributed by atoms with Crippen molar-refractivity contribution in [1.82, 2.24) is 10.2 Å². The van der Waals surface area contributed by atoms with Crippen LogP contribution in [0.15, 0.2) is 18.2 Å². The summed E-state index contributed by atoms with van der Waals surface area (Å²) in [5.74, 6) is -0.717. The standard InChI is InChI=1S/C18H24N2O4/c1-11(2)16(18(24)20-9-5-6-13(20)10-21)19-17(23)14-7-4-8-15(22)12(14)3/h4,7-8,10-11,13,16,22H,5-6,9H2,1-3H3,(H,19,23)/t13-,16-/m0/s1. The number of carbonyl (C=O) groups is 3. The molecule has 1 fully saturated rings. The quantitative estimate of drug-likeness (QED) is 0.803. The molecule has 1 heterocycles. The largest absolute Gasteiger partial charge is 0.508 e. The van der Waals surface area contributed by atoms with Gasteiger partial charge >= 0.3 is 0 Å². The highest BCUT2D eigenvalue weighted by Gasteiger charge is 2.35. The molecule has 0 aliphatic carbocycles. The van der Waals surface area contributed by atoms with Crippen molar-refractivity contribution in [1.29, 1.82) is 0 Å². The third-order valence-electron chi connectivity index (χ3n) is 4.51. The molecule has 1 aliphatic heterocycles. The zero-order valence-corrected chi connectivity index (χ0v) is 14.3. The third-order valence-corrected chi connectivity index (χ3v) is 4.51. The Morgan fingerprint density at radius 3 is 2.71 bits per heavy atom. The number of phenolic OH excluding ortho intramolecular Hbond substituents is 1. The van der Waals surface area contributed by atoms with Gasteiger partial charge < -0.3 is 20.1 Å². The van der Waals surface area contributed by atoms with Gasteiger partial charge in [-0.2, -0.15) is 0 Å². The fourth-order valence-electron chi connectivity index (χ4n) is 2.99. The van der Waals surface area contributed by atoms with Crippen molar-refractivity contribution in [3.05, 3.63) is 29.3 Å². The molecule has 0 bridgehead atoms. The van der Waals surface area contributed by atoms with Crippen molar-refractivity contribution in [2.24, 2.45) is 5.92 Å². The van der Waals surface area contributed by atoms with Crippen molar-refractivity contribution < 1.29 is 19.5 Å². The van der Waals surface area contributed by atoms with Crippen LogP contribution in [-0.2, 0) is 9.59 Å². The molecule has 0 radical (unpaired) electrons. The van der Waals surface area contributed by atoms with Crippen LogP contribution in [0.3, 0.4) is 0 Å². The van der Waals surface area contributed by atoms with Crippen LogP contribution in [0.4, 0.5) is 0 Å². The summed E-state index contributed by atoms with van der Waals surface area (Å²) >= 11 is 0. The number of phenols is 1. The van der Waals surface area contributed by atoms with E-state index in [1.165, 1.54) is 6.07 Å². The van der Waals surface area contributed by atoms with Crippen molar-refractivity contribution in [3.8, 4) is 5.75 Å². The van der Waals surface area contributed by atoms with E-state index in [0.717, 1.165) is 12.7 Å². The second-order valence-corrected chi connectivity index (χ2v) is 6.52. The van der Waals surface area contributed by atoms with Crippen molar-refractivity contribution in [2.45, 2.75) is 45.7 Å². The third kappa shape index (κ3) is 3.58. The molecule has 2 rings (SSSR count). The molecule has 6 nitrogen and oxygen atoms in total. The van der Waals surface area contributed by atoms with E-state index < -0.39 is 18.0 Å². The Balaban J connectivity index is 2.19. The summed E-state index contributed by atoms with van der Waals surface area (Å²) in [5, 5.41) is 12.5. The molecular formula is C18H24N2O4. The Kier molecular flexibility index (Phi) is 5.59. The van der Waals surface area contributed by atoms with E-state index in [9.17, 15) is 19.5 Å². The summed E-state index contributed by atoms with van der Waals surface area (Å²) in [6.45, 7) is 5.89. The summed E-state index contributed by atoms with van der Waals surface area (Å²) < 4.78 is 0. The molecule has 1 saturated heterocycles. The van der Waals surface area contributed by atoms with E-state index in [-0.39, 0.29) is 17.6 Å². The number of aldehydes is 1. The van der Waals surface area contributed by atoms with E-state index in [1.54, 1.807) is 24.0 Å². The van der Waals surface area contributed by atoms with Gasteiger partial charge in [-0.3, -0.25) is 9.59 Å². The molecule has 6 heteroatoms. The molecule has 0 spiro atoms. The second kappa shape index (κ2) is 7.47. The minimum Gasteiger partial charge on any atom is -0.508 e. The number of likely N-dealkylation sites (tertiary alicyclic amines) is 1. The number of rotatable bonds is 5. The van der Waals surface area contributed by atoms with Crippen LogP contribution in [0.2, 0.25) is 0 Å². The highest BCUT2D eigenvalue weighted by Crippen LogP contribution is 2.21. The number of benzene rings is 1. The number of nitrogens with zero attached hydrogens (tertiary/aromatic N) is 1. The maximum atomic E-state index is 12.8. The summed E-state index contributed by atoms with van der Waals surface area (Å²) in [6, 6.07) is 3.59. The number of amides is 2. The molecule has 2 N–H and O–H groups in total. The zero-order valence-electron chi connectivity index (χ0n) is 14.3. The van der Waals surface area contributed by atoms with Crippen molar-refractivity contribution in [2.75, 3.05) is 6.54 Å². The molecule has 0 saturated carbocycles. The lowest BCUT2D eigenvalue weighted by atomic mass is 10.0. The lowest BCUT2D eigenvalue weighted by molar-refractivity contribution is -0.137. The first kappa shape index (κ1) is 18.0. The van der Waals surface area contributed by atoms with Gasteiger partial charge in [0.25, 0.3) is 5.91 Å². The van der Waals surface area contributed by atoms with Crippen molar-refractivity contribution >= 4 is 18.1 Å². The van der Waals surface area contributed by atoms with E-state index in [4.69, 9.17) is 0 Å². The first-order valence-corrected chi connectivity index (χ1v) is 8.22. The molecular weight excluding hydrogens is 308 g/mol. The Morgan fingerprint density at radius 1 is 1.38 bits per heavy atom. The molecule has 130 valence electrons. The second-order valence-electron chi connectivity index (χ2n) is 6.52. The van der Waals surface area contributed by atoms with Gasteiger partial charge in [0.15, 0.2) is 0 Å². The van der Waals surface area contributed by atoms with Crippen LogP contribution < -0.4 is 5.32 Å². The Labute approximate surface area is 141 Å². The van der Waals surface area contributed by atoms with Crippen LogP contribution in [0, 0.1) is 12.8 Å². The number of nitrogens with one attached hydrogen (secondary N) is 1. The van der Waals surface area contributed by atoms with Gasteiger partial charge in [0.1, 0.15) is 18.1 Å². The lowest BCUT2D eigenvalue weighted by Gasteiger charge is -2.29. The predicted molar refractivity (Wildman–Crippen MR) is 89.7 cm³/mol. The summed E-state index contributed by atoms with van der Waals surface area (Å²) in [4.78, 5) is 38.0. The minimum atomic E-state index is -0.709. The van der Waals surface area contributed by atoms with Crippen LogP contribution in [0.25, 0.3) is 0 Å². The molecule has 0 aromatic heterocycles. The number of carbonyl (C=O) groups excluding carboxylic acids is 3. The van der Waals surface area contributed by atoms with Crippen LogP contribution in [-0.4, -0.2) is 46.7 Å². The molecule has 1 aliphatic rings. The van der Waals surface area contributed by atoms with Gasteiger partial charge in [0.2, 0.25) is 5.91 Å². The molecule has 1 aromatic rings. The van der Waals surface area contributed by atoms with Crippen molar-refractivity contribution in [3.63, 3.8) is 0 Å². The highest BCUT2D eigenvalue weighted by molar-refractivity contribution is 5.99. The van der Waals surface area contributed by atoms with Gasteiger partial charge in [0.05, 0.1) is 6.04 Å². The molecule has 0 unspecified atom stereocenters. The Hall–Kier alpha value is -2.37. The van der Waals surface area contributed by atoms with E-state index in [1.807, 2.05) is 13.8 Å². The van der Waals surface area contributed by atoms with Gasteiger partial charge in [-0.25, -0.2) is 0 Å². The highest BCUT2D eigenvalue weighted by atomic mass is 16.3. The fraction of sp³-hybridized carbons (Fsp3) is 0.500. The fourth-order valence-corrected chi connectivity index (χ4v) is 2.99. The van der Waals surface area contributed by atoms with E-state index >= 15 is 0 Å². The van der Waals surface area contributed by atoms with Gasteiger partial charge in [-0.1, -0.05) is 19.9 Å². The maximum Gasteiger partial charge on any atom is 0.252 e. The Morgan fingerprint density at radius 2 is 2.08 bits per heavy atom. The lowest BCUT2D eigenvalue weighted by Crippen LogP contribution is -2.52. The van der Waals surface area contributed by atoms with E-state index in [2.05, 4.69) is 5.32 Å². The molecule has 2 amide bonds. The minimum absolute atomic E-state index is 0.0376. The average Bonchev–Trinajstić information content (AvgIpc) is 3.02. The van der Waals surface area contributed by atoms with Crippen LogP contribution in [0.5, 0.6) is 5.75 Å². The maximum absolute atomic E-state index is 12.8. The first-order valence-electron chi connectivity index (χ1n) is 8.22. The van der Waals surface area contributed by atoms with Crippen LogP contribution >= 0.6 is 0 Å². The van der Waals surface area contributed by atoms with E-state index in [0.29, 0.717) is 24.1 Å². The Bertz CT molecular complexity index is 642. The summed E-state index contributed by atoms with van der Waals surface area (Å²) in [7, 11) is 0. The topological polar surface area (TPSA) is 86.7 Å². The number of hydrogen-bond acceptors (Lipinski definition) is 4. The zero-order chi connectivity index (χ0) is 17.9. The van der Waals surface area contributed by atoms with Gasteiger partial charge in [-0.15, -0.1) is 0 Å². The van der Waals surface area contributed by atoms with Gasteiger partial charge in [-0.05, 0) is 37.8 Å². The smallest absolute Gasteiger partial charge is 0.252 e. The summed E-state index contributed by atoms with van der Waals surface area (Å²) in [5.41, 5.74) is 0.804. The SMILES string of the molecule is Cc1c(O)cccc1C(=O)N[C@H](C(=O)N1CCC[C@H]1C=O)C(C)C.